The van der Waals surface area contributed by atoms with E-state index in [0.717, 1.165) is 25.9 Å². The van der Waals surface area contributed by atoms with Gasteiger partial charge in [-0.3, -0.25) is 14.5 Å². The number of carbonyl (C=O) groups excluding carboxylic acids is 1. The highest BCUT2D eigenvalue weighted by molar-refractivity contribution is 5.77. The number of terminal acetylenes is 1. The number of hydrogen-bond acceptors (Lipinski definition) is 3. The molecule has 1 rings (SSSR count). The third-order valence-corrected chi connectivity index (χ3v) is 2.59. The molecule has 1 N–H and O–H groups in total. The summed E-state index contributed by atoms with van der Waals surface area (Å²) in [7, 11) is 0. The zero-order valence-electron chi connectivity index (χ0n) is 9.16. The van der Waals surface area contributed by atoms with Gasteiger partial charge in [0.1, 0.15) is 0 Å². The second kappa shape index (κ2) is 6.44. The minimum Gasteiger partial charge on any atom is -0.292 e. The lowest BCUT2D eigenvalue weighted by atomic mass is 9.96. The highest BCUT2D eigenvalue weighted by Crippen LogP contribution is 2.16. The van der Waals surface area contributed by atoms with Crippen LogP contribution in [0, 0.1) is 18.3 Å². The molecule has 4 heteroatoms. The standard InChI is InChI=1S/C11H18N2O2/c1-3-7-13-8-5-10(6-9-13)11(14)12-15-4-2/h1,10H,4-9H2,2H3,(H,12,14). The second-order valence-electron chi connectivity index (χ2n) is 3.65. The van der Waals surface area contributed by atoms with E-state index in [9.17, 15) is 4.79 Å². The lowest BCUT2D eigenvalue weighted by molar-refractivity contribution is -0.138. The molecule has 4 nitrogen and oxygen atoms in total. The summed E-state index contributed by atoms with van der Waals surface area (Å²) in [4.78, 5) is 18.6. The largest absolute Gasteiger partial charge is 0.292 e. The lowest BCUT2D eigenvalue weighted by Crippen LogP contribution is -2.40. The molecule has 0 aromatic rings. The van der Waals surface area contributed by atoms with Gasteiger partial charge < -0.3 is 0 Å². The Balaban J connectivity index is 2.25. The van der Waals surface area contributed by atoms with Gasteiger partial charge in [-0.25, -0.2) is 5.48 Å². The monoisotopic (exact) mass is 210 g/mol. The molecule has 0 aromatic carbocycles. The lowest BCUT2D eigenvalue weighted by Gasteiger charge is -2.29. The molecule has 0 atom stereocenters. The molecule has 1 heterocycles. The number of likely N-dealkylation sites (tertiary alicyclic amines) is 1. The zero-order chi connectivity index (χ0) is 11.1. The number of nitrogens with one attached hydrogen (secondary N) is 1. The van der Waals surface area contributed by atoms with Crippen LogP contribution in [0.15, 0.2) is 0 Å². The SMILES string of the molecule is C#CCN1CCC(C(=O)NOCC)CC1. The van der Waals surface area contributed by atoms with Gasteiger partial charge in [0.2, 0.25) is 5.91 Å². The number of carbonyl (C=O) groups is 1. The van der Waals surface area contributed by atoms with Crippen LogP contribution in [0.4, 0.5) is 0 Å². The minimum atomic E-state index is -0.00259. The molecule has 1 aliphatic rings. The Bertz CT molecular complexity index is 239. The van der Waals surface area contributed by atoms with Gasteiger partial charge in [0.25, 0.3) is 0 Å². The van der Waals surface area contributed by atoms with E-state index < -0.39 is 0 Å². The summed E-state index contributed by atoms with van der Waals surface area (Å²) < 4.78 is 0. The van der Waals surface area contributed by atoms with E-state index >= 15 is 0 Å². The molecule has 1 amide bonds. The summed E-state index contributed by atoms with van der Waals surface area (Å²) in [5.74, 6) is 2.69. The molecule has 84 valence electrons. The number of hydrogen-bond donors (Lipinski definition) is 1. The quantitative estimate of drug-likeness (QED) is 0.539. The van der Waals surface area contributed by atoms with Gasteiger partial charge in [0.15, 0.2) is 0 Å². The van der Waals surface area contributed by atoms with Gasteiger partial charge in [0, 0.05) is 5.92 Å². The summed E-state index contributed by atoms with van der Waals surface area (Å²) in [5, 5.41) is 0. The first kappa shape index (κ1) is 12.0. The van der Waals surface area contributed by atoms with E-state index in [2.05, 4.69) is 16.3 Å². The number of hydroxylamine groups is 1. The predicted molar refractivity (Wildman–Crippen MR) is 57.8 cm³/mol. The van der Waals surface area contributed by atoms with Crippen LogP contribution in [0.1, 0.15) is 19.8 Å². The molecule has 0 spiro atoms. The van der Waals surface area contributed by atoms with Crippen LogP contribution in [0.2, 0.25) is 0 Å². The first-order valence-electron chi connectivity index (χ1n) is 5.35. The molecule has 0 aliphatic carbocycles. The van der Waals surface area contributed by atoms with Crippen LogP contribution in [0.25, 0.3) is 0 Å². The minimum absolute atomic E-state index is 0.00259. The van der Waals surface area contributed by atoms with Gasteiger partial charge in [-0.15, -0.1) is 6.42 Å². The summed E-state index contributed by atoms with van der Waals surface area (Å²) in [6, 6.07) is 0. The normalized spacial score (nSPS) is 18.4. The van der Waals surface area contributed by atoms with Gasteiger partial charge in [-0.05, 0) is 32.9 Å². The molecule has 0 saturated carbocycles. The van der Waals surface area contributed by atoms with Gasteiger partial charge in [-0.2, -0.15) is 0 Å². The zero-order valence-corrected chi connectivity index (χ0v) is 9.16. The molecule has 0 radical (unpaired) electrons. The molecule has 1 aliphatic heterocycles. The first-order chi connectivity index (χ1) is 7.27. The molecule has 1 saturated heterocycles. The number of rotatable bonds is 4. The Hall–Kier alpha value is -1.05. The average Bonchev–Trinajstić information content (AvgIpc) is 2.27. The van der Waals surface area contributed by atoms with Crippen LogP contribution in [-0.4, -0.2) is 37.0 Å². The fraction of sp³-hybridized carbons (Fsp3) is 0.727. The molecule has 0 aromatic heterocycles. The average molecular weight is 210 g/mol. The number of amides is 1. The molecular formula is C11H18N2O2. The summed E-state index contributed by atoms with van der Waals surface area (Å²) in [6.07, 6.45) is 6.95. The highest BCUT2D eigenvalue weighted by Gasteiger charge is 2.24. The molecule has 1 fully saturated rings. The smallest absolute Gasteiger partial charge is 0.246 e. The molecule has 15 heavy (non-hydrogen) atoms. The van der Waals surface area contributed by atoms with Crippen molar-refractivity contribution in [2.75, 3.05) is 26.2 Å². The van der Waals surface area contributed by atoms with E-state index in [1.54, 1.807) is 0 Å². The first-order valence-corrected chi connectivity index (χ1v) is 5.35. The summed E-state index contributed by atoms with van der Waals surface area (Å²) >= 11 is 0. The third kappa shape index (κ3) is 3.90. The van der Waals surface area contributed by atoms with Gasteiger partial charge >= 0.3 is 0 Å². The Morgan fingerprint density at radius 1 is 1.60 bits per heavy atom. The predicted octanol–water partition coefficient (Wildman–Crippen LogP) is 0.399. The third-order valence-electron chi connectivity index (χ3n) is 2.59. The van der Waals surface area contributed by atoms with Crippen molar-refractivity contribution in [1.82, 2.24) is 10.4 Å². The van der Waals surface area contributed by atoms with E-state index in [0.29, 0.717) is 13.2 Å². The van der Waals surface area contributed by atoms with Crippen LogP contribution in [0.5, 0.6) is 0 Å². The maximum absolute atomic E-state index is 11.5. The van der Waals surface area contributed by atoms with Crippen molar-refractivity contribution in [1.29, 1.82) is 0 Å². The van der Waals surface area contributed by atoms with Crippen molar-refractivity contribution in [3.63, 3.8) is 0 Å². The van der Waals surface area contributed by atoms with Gasteiger partial charge in [0.05, 0.1) is 13.2 Å². The van der Waals surface area contributed by atoms with E-state index in [-0.39, 0.29) is 11.8 Å². The van der Waals surface area contributed by atoms with Crippen molar-refractivity contribution < 1.29 is 9.63 Å². The number of piperidine rings is 1. The van der Waals surface area contributed by atoms with Gasteiger partial charge in [-0.1, -0.05) is 5.92 Å². The highest BCUT2D eigenvalue weighted by atomic mass is 16.6. The molecule has 0 unspecified atom stereocenters. The van der Waals surface area contributed by atoms with Crippen molar-refractivity contribution >= 4 is 5.91 Å². The fourth-order valence-electron chi connectivity index (χ4n) is 1.71. The van der Waals surface area contributed by atoms with E-state index in [1.165, 1.54) is 0 Å². The maximum atomic E-state index is 11.5. The summed E-state index contributed by atoms with van der Waals surface area (Å²) in [6.45, 7) is 4.82. The maximum Gasteiger partial charge on any atom is 0.246 e. The second-order valence-corrected chi connectivity index (χ2v) is 3.65. The van der Waals surface area contributed by atoms with Crippen LogP contribution >= 0.6 is 0 Å². The summed E-state index contributed by atoms with van der Waals surface area (Å²) in [5.41, 5.74) is 2.45. The van der Waals surface area contributed by atoms with Crippen molar-refractivity contribution in [3.8, 4) is 12.3 Å². The Kier molecular flexibility index (Phi) is 5.16. The Labute approximate surface area is 90.9 Å². The van der Waals surface area contributed by atoms with Crippen LogP contribution < -0.4 is 5.48 Å². The Morgan fingerprint density at radius 2 is 2.27 bits per heavy atom. The van der Waals surface area contributed by atoms with Crippen LogP contribution in [-0.2, 0) is 9.63 Å². The van der Waals surface area contributed by atoms with Crippen molar-refractivity contribution in [3.05, 3.63) is 0 Å². The van der Waals surface area contributed by atoms with Crippen molar-refractivity contribution in [2.24, 2.45) is 5.92 Å². The van der Waals surface area contributed by atoms with E-state index in [1.807, 2.05) is 6.92 Å². The topological polar surface area (TPSA) is 41.6 Å². The number of nitrogens with zero attached hydrogens (tertiary/aromatic N) is 1. The van der Waals surface area contributed by atoms with E-state index in [4.69, 9.17) is 11.3 Å². The molecule has 0 bridgehead atoms. The van der Waals surface area contributed by atoms with Crippen LogP contribution in [0.3, 0.4) is 0 Å². The Morgan fingerprint density at radius 3 is 2.80 bits per heavy atom. The van der Waals surface area contributed by atoms with Crippen molar-refractivity contribution in [2.45, 2.75) is 19.8 Å². The molecular weight excluding hydrogens is 192 g/mol. The fourth-order valence-corrected chi connectivity index (χ4v) is 1.71.